The van der Waals surface area contributed by atoms with E-state index < -0.39 is 0 Å². The number of hydrogen-bond donors (Lipinski definition) is 1. The maximum absolute atomic E-state index is 11.8. The van der Waals surface area contributed by atoms with Crippen LogP contribution in [0.4, 0.5) is 0 Å². The fraction of sp³-hybridized carbons (Fsp3) is 0.286. The summed E-state index contributed by atoms with van der Waals surface area (Å²) < 4.78 is 1.96. The predicted molar refractivity (Wildman–Crippen MR) is 70.4 cm³/mol. The summed E-state index contributed by atoms with van der Waals surface area (Å²) in [4.78, 5) is 16.0. The summed E-state index contributed by atoms with van der Waals surface area (Å²) in [6.45, 7) is 2.60. The third-order valence-electron chi connectivity index (χ3n) is 2.87. The largest absolute Gasteiger partial charge is 0.352 e. The second-order valence-corrected chi connectivity index (χ2v) is 4.33. The molecule has 1 aromatic carbocycles. The molecule has 0 atom stereocenters. The summed E-state index contributed by atoms with van der Waals surface area (Å²) in [6.07, 6.45) is 4.40. The molecule has 18 heavy (non-hydrogen) atoms. The zero-order chi connectivity index (χ0) is 13.0. The van der Waals surface area contributed by atoms with Crippen molar-refractivity contribution in [3.05, 3.63) is 53.6 Å². The molecule has 0 unspecified atom stereocenters. The topological polar surface area (TPSA) is 46.9 Å². The van der Waals surface area contributed by atoms with Crippen molar-refractivity contribution >= 4 is 5.91 Å². The maximum Gasteiger partial charge on any atom is 0.251 e. The van der Waals surface area contributed by atoms with Gasteiger partial charge in [-0.05, 0) is 19.1 Å². The van der Waals surface area contributed by atoms with Gasteiger partial charge >= 0.3 is 0 Å². The highest BCUT2D eigenvalue weighted by atomic mass is 16.1. The Morgan fingerprint density at radius 2 is 2.06 bits per heavy atom. The molecule has 4 nitrogen and oxygen atoms in total. The first-order valence-corrected chi connectivity index (χ1v) is 5.98. The first-order valence-electron chi connectivity index (χ1n) is 5.98. The lowest BCUT2D eigenvalue weighted by molar-refractivity contribution is 0.0954. The van der Waals surface area contributed by atoms with Crippen LogP contribution in [-0.4, -0.2) is 22.0 Å². The number of nitrogens with one attached hydrogen (secondary N) is 1. The van der Waals surface area contributed by atoms with Gasteiger partial charge in [0.2, 0.25) is 0 Å². The van der Waals surface area contributed by atoms with Crippen LogP contribution in [-0.2, 0) is 13.5 Å². The number of aryl methyl sites for hydroxylation is 2. The molecule has 0 aliphatic rings. The lowest BCUT2D eigenvalue weighted by atomic mass is 10.1. The van der Waals surface area contributed by atoms with Gasteiger partial charge in [0.25, 0.3) is 5.91 Å². The maximum atomic E-state index is 11.8. The summed E-state index contributed by atoms with van der Waals surface area (Å²) >= 11 is 0. The molecule has 0 spiro atoms. The molecule has 1 heterocycles. The Morgan fingerprint density at radius 3 is 2.67 bits per heavy atom. The van der Waals surface area contributed by atoms with Crippen LogP contribution in [0.5, 0.6) is 0 Å². The Hall–Kier alpha value is -2.10. The van der Waals surface area contributed by atoms with Gasteiger partial charge in [-0.2, -0.15) is 0 Å². The number of hydrogen-bond acceptors (Lipinski definition) is 2. The number of rotatable bonds is 4. The van der Waals surface area contributed by atoms with Crippen molar-refractivity contribution in [3.63, 3.8) is 0 Å². The zero-order valence-corrected chi connectivity index (χ0v) is 10.7. The fourth-order valence-corrected chi connectivity index (χ4v) is 1.73. The van der Waals surface area contributed by atoms with Crippen LogP contribution < -0.4 is 5.32 Å². The van der Waals surface area contributed by atoms with E-state index in [9.17, 15) is 4.79 Å². The van der Waals surface area contributed by atoms with Gasteiger partial charge in [0, 0.05) is 38.0 Å². The normalized spacial score (nSPS) is 10.3. The molecule has 2 aromatic rings. The molecule has 0 saturated heterocycles. The van der Waals surface area contributed by atoms with Crippen LogP contribution in [0.25, 0.3) is 0 Å². The summed E-state index contributed by atoms with van der Waals surface area (Å²) in [5.41, 5.74) is 1.85. The SMILES string of the molecule is Cc1ccc(C(=O)NCCc2nccn2C)cc1. The van der Waals surface area contributed by atoms with Gasteiger partial charge in [0.1, 0.15) is 5.82 Å². The molecule has 94 valence electrons. The van der Waals surface area contributed by atoms with Crippen LogP contribution in [0, 0.1) is 6.92 Å². The van der Waals surface area contributed by atoms with E-state index in [-0.39, 0.29) is 5.91 Å². The van der Waals surface area contributed by atoms with Crippen LogP contribution in [0.3, 0.4) is 0 Å². The summed E-state index contributed by atoms with van der Waals surface area (Å²) in [6, 6.07) is 7.55. The van der Waals surface area contributed by atoms with Gasteiger partial charge in [0.05, 0.1) is 0 Å². The summed E-state index contributed by atoms with van der Waals surface area (Å²) in [5.74, 6) is 0.934. The number of carbonyl (C=O) groups excluding carboxylic acids is 1. The van der Waals surface area contributed by atoms with Crippen molar-refractivity contribution in [2.45, 2.75) is 13.3 Å². The molecule has 1 aromatic heterocycles. The Kier molecular flexibility index (Phi) is 3.77. The lowest BCUT2D eigenvalue weighted by Gasteiger charge is -2.05. The van der Waals surface area contributed by atoms with Gasteiger partial charge in [-0.3, -0.25) is 4.79 Å². The van der Waals surface area contributed by atoms with Gasteiger partial charge in [0.15, 0.2) is 0 Å². The average Bonchev–Trinajstić information content (AvgIpc) is 2.76. The van der Waals surface area contributed by atoms with Crippen LogP contribution >= 0.6 is 0 Å². The quantitative estimate of drug-likeness (QED) is 0.888. The summed E-state index contributed by atoms with van der Waals surface area (Å²) in [7, 11) is 1.95. The van der Waals surface area contributed by atoms with Crippen molar-refractivity contribution in [1.82, 2.24) is 14.9 Å². The lowest BCUT2D eigenvalue weighted by Crippen LogP contribution is -2.26. The molecular weight excluding hydrogens is 226 g/mol. The van der Waals surface area contributed by atoms with Crippen molar-refractivity contribution in [2.24, 2.45) is 7.05 Å². The Morgan fingerprint density at radius 1 is 1.33 bits per heavy atom. The highest BCUT2D eigenvalue weighted by Gasteiger charge is 2.05. The summed E-state index contributed by atoms with van der Waals surface area (Å²) in [5, 5.41) is 2.89. The third-order valence-corrected chi connectivity index (χ3v) is 2.87. The molecular formula is C14H17N3O. The van der Waals surface area contributed by atoms with Crippen LogP contribution in [0.15, 0.2) is 36.7 Å². The van der Waals surface area contributed by atoms with Crippen LogP contribution in [0.2, 0.25) is 0 Å². The second kappa shape index (κ2) is 5.49. The fourth-order valence-electron chi connectivity index (χ4n) is 1.73. The first kappa shape index (κ1) is 12.4. The first-order chi connectivity index (χ1) is 8.66. The number of benzene rings is 1. The van der Waals surface area contributed by atoms with E-state index in [2.05, 4.69) is 10.3 Å². The Labute approximate surface area is 107 Å². The molecule has 0 radical (unpaired) electrons. The highest BCUT2D eigenvalue weighted by Crippen LogP contribution is 2.02. The van der Waals surface area contributed by atoms with E-state index in [0.29, 0.717) is 12.1 Å². The van der Waals surface area contributed by atoms with E-state index >= 15 is 0 Å². The number of aromatic nitrogens is 2. The van der Waals surface area contributed by atoms with E-state index in [1.165, 1.54) is 0 Å². The molecule has 4 heteroatoms. The van der Waals surface area contributed by atoms with Crippen molar-refractivity contribution in [3.8, 4) is 0 Å². The van der Waals surface area contributed by atoms with Gasteiger partial charge in [-0.1, -0.05) is 17.7 Å². The van der Waals surface area contributed by atoms with Gasteiger partial charge < -0.3 is 9.88 Å². The van der Waals surface area contributed by atoms with Gasteiger partial charge in [-0.25, -0.2) is 4.98 Å². The minimum Gasteiger partial charge on any atom is -0.352 e. The van der Waals surface area contributed by atoms with E-state index in [1.54, 1.807) is 6.20 Å². The molecule has 0 bridgehead atoms. The highest BCUT2D eigenvalue weighted by molar-refractivity contribution is 5.94. The predicted octanol–water partition coefficient (Wildman–Crippen LogP) is 1.70. The molecule has 1 amide bonds. The minimum absolute atomic E-state index is 0.0378. The van der Waals surface area contributed by atoms with Crippen molar-refractivity contribution < 1.29 is 4.79 Å². The second-order valence-electron chi connectivity index (χ2n) is 4.33. The molecule has 0 saturated carbocycles. The molecule has 0 aliphatic heterocycles. The third kappa shape index (κ3) is 2.97. The molecule has 0 aliphatic carbocycles. The Bertz CT molecular complexity index is 528. The van der Waals surface area contributed by atoms with E-state index in [1.807, 2.05) is 49.0 Å². The smallest absolute Gasteiger partial charge is 0.251 e. The molecule has 2 rings (SSSR count). The van der Waals surface area contributed by atoms with E-state index in [4.69, 9.17) is 0 Å². The zero-order valence-electron chi connectivity index (χ0n) is 10.7. The molecule has 0 fully saturated rings. The Balaban J connectivity index is 1.85. The number of imidazole rings is 1. The molecule has 1 N–H and O–H groups in total. The van der Waals surface area contributed by atoms with E-state index in [0.717, 1.165) is 17.8 Å². The number of amides is 1. The number of carbonyl (C=O) groups is 1. The monoisotopic (exact) mass is 243 g/mol. The van der Waals surface area contributed by atoms with Gasteiger partial charge in [-0.15, -0.1) is 0 Å². The van der Waals surface area contributed by atoms with Crippen molar-refractivity contribution in [2.75, 3.05) is 6.54 Å². The van der Waals surface area contributed by atoms with Crippen LogP contribution in [0.1, 0.15) is 21.7 Å². The average molecular weight is 243 g/mol. The van der Waals surface area contributed by atoms with Crippen molar-refractivity contribution in [1.29, 1.82) is 0 Å². The standard InChI is InChI=1S/C14H17N3O/c1-11-3-5-12(6-4-11)14(18)16-8-7-13-15-9-10-17(13)2/h3-6,9-10H,7-8H2,1-2H3,(H,16,18). The number of nitrogens with zero attached hydrogens (tertiary/aromatic N) is 2. The minimum atomic E-state index is -0.0378.